The molecule has 0 unspecified atom stereocenters. The zero-order valence-electron chi connectivity index (χ0n) is 13.7. The molecular formula is C18H20N2O4. The minimum absolute atomic E-state index is 0.103. The van der Waals surface area contributed by atoms with Crippen molar-refractivity contribution in [2.24, 2.45) is 5.10 Å². The van der Waals surface area contributed by atoms with Gasteiger partial charge in [0.2, 0.25) is 0 Å². The number of hydrogen-bond donors (Lipinski definition) is 1. The van der Waals surface area contributed by atoms with Crippen LogP contribution in [0, 0.1) is 0 Å². The number of hydrazone groups is 1. The molecule has 1 N–H and O–H groups in total. The summed E-state index contributed by atoms with van der Waals surface area (Å²) in [4.78, 5) is 11.7. The van der Waals surface area contributed by atoms with Crippen molar-refractivity contribution in [3.63, 3.8) is 0 Å². The first-order valence-electron chi connectivity index (χ1n) is 7.53. The molecule has 24 heavy (non-hydrogen) atoms. The number of benzene rings is 2. The van der Waals surface area contributed by atoms with E-state index in [1.807, 2.05) is 31.2 Å². The van der Waals surface area contributed by atoms with Crippen LogP contribution in [0.25, 0.3) is 0 Å². The van der Waals surface area contributed by atoms with Gasteiger partial charge in [-0.05, 0) is 42.8 Å². The summed E-state index contributed by atoms with van der Waals surface area (Å²) in [6.45, 7) is 2.36. The second kappa shape index (κ2) is 9.19. The lowest BCUT2D eigenvalue weighted by Crippen LogP contribution is -2.24. The Labute approximate surface area is 141 Å². The fourth-order valence-corrected chi connectivity index (χ4v) is 1.92. The minimum Gasteiger partial charge on any atom is -0.493 e. The van der Waals surface area contributed by atoms with E-state index in [1.54, 1.807) is 31.4 Å². The number of carbonyl (C=O) groups excluding carboxylic acids is 1. The number of nitrogens with one attached hydrogen (secondary N) is 1. The summed E-state index contributed by atoms with van der Waals surface area (Å²) in [6, 6.07) is 14.5. The Hall–Kier alpha value is -3.02. The number of carbonyl (C=O) groups is 1. The van der Waals surface area contributed by atoms with E-state index in [0.29, 0.717) is 23.9 Å². The Morgan fingerprint density at radius 3 is 2.62 bits per heavy atom. The van der Waals surface area contributed by atoms with Crippen molar-refractivity contribution in [1.29, 1.82) is 0 Å². The molecule has 0 heterocycles. The van der Waals surface area contributed by atoms with Gasteiger partial charge >= 0.3 is 0 Å². The van der Waals surface area contributed by atoms with Gasteiger partial charge in [-0.25, -0.2) is 5.43 Å². The number of amides is 1. The Morgan fingerprint density at radius 2 is 1.92 bits per heavy atom. The highest BCUT2D eigenvalue weighted by atomic mass is 16.5. The molecule has 0 aliphatic rings. The first-order chi connectivity index (χ1) is 11.7. The molecule has 0 atom stereocenters. The molecule has 6 heteroatoms. The maximum Gasteiger partial charge on any atom is 0.277 e. The lowest BCUT2D eigenvalue weighted by Gasteiger charge is -2.09. The van der Waals surface area contributed by atoms with E-state index >= 15 is 0 Å². The van der Waals surface area contributed by atoms with E-state index in [0.717, 1.165) is 5.56 Å². The van der Waals surface area contributed by atoms with Crippen molar-refractivity contribution in [1.82, 2.24) is 5.43 Å². The zero-order valence-corrected chi connectivity index (χ0v) is 13.7. The van der Waals surface area contributed by atoms with Gasteiger partial charge in [0, 0.05) is 0 Å². The van der Waals surface area contributed by atoms with Gasteiger partial charge in [0.05, 0.1) is 19.9 Å². The Morgan fingerprint density at radius 1 is 1.12 bits per heavy atom. The standard InChI is InChI=1S/C18H20N2O4/c1-3-23-16-10-9-14(11-17(16)22-2)12-19-20-18(21)13-24-15-7-5-4-6-8-15/h4-12H,3,13H2,1-2H3,(H,20,21)/b19-12-. The van der Waals surface area contributed by atoms with E-state index in [1.165, 1.54) is 6.21 Å². The summed E-state index contributed by atoms with van der Waals surface area (Å²) in [7, 11) is 1.57. The third-order valence-electron chi connectivity index (χ3n) is 3.00. The summed E-state index contributed by atoms with van der Waals surface area (Å²) < 4.78 is 16.0. The Bertz CT molecular complexity index is 687. The summed E-state index contributed by atoms with van der Waals surface area (Å²) in [5.74, 6) is 1.57. The first-order valence-corrected chi connectivity index (χ1v) is 7.53. The number of methoxy groups -OCH3 is 1. The third kappa shape index (κ3) is 5.31. The van der Waals surface area contributed by atoms with Crippen molar-refractivity contribution < 1.29 is 19.0 Å². The number of para-hydroxylation sites is 1. The first kappa shape index (κ1) is 17.3. The fourth-order valence-electron chi connectivity index (χ4n) is 1.92. The lowest BCUT2D eigenvalue weighted by molar-refractivity contribution is -0.123. The van der Waals surface area contributed by atoms with E-state index in [4.69, 9.17) is 14.2 Å². The molecule has 0 bridgehead atoms. The molecule has 0 spiro atoms. The molecule has 0 saturated heterocycles. The van der Waals surface area contributed by atoms with Crippen LogP contribution in [-0.4, -0.2) is 32.4 Å². The van der Waals surface area contributed by atoms with Crippen LogP contribution in [0.5, 0.6) is 17.2 Å². The molecule has 2 aromatic carbocycles. The second-order valence-electron chi connectivity index (χ2n) is 4.74. The van der Waals surface area contributed by atoms with E-state index < -0.39 is 0 Å². The summed E-state index contributed by atoms with van der Waals surface area (Å²) in [5, 5.41) is 3.90. The number of ether oxygens (including phenoxy) is 3. The van der Waals surface area contributed by atoms with Crippen LogP contribution in [0.2, 0.25) is 0 Å². The van der Waals surface area contributed by atoms with Crippen molar-refractivity contribution in [2.75, 3.05) is 20.3 Å². The SMILES string of the molecule is CCOc1ccc(/C=N\NC(=O)COc2ccccc2)cc1OC. The summed E-state index contributed by atoms with van der Waals surface area (Å²) in [5.41, 5.74) is 3.19. The second-order valence-corrected chi connectivity index (χ2v) is 4.74. The smallest absolute Gasteiger partial charge is 0.277 e. The normalized spacial score (nSPS) is 10.4. The average Bonchev–Trinajstić information content (AvgIpc) is 2.62. The molecule has 126 valence electrons. The van der Waals surface area contributed by atoms with Crippen molar-refractivity contribution in [3.8, 4) is 17.2 Å². The molecule has 2 aromatic rings. The largest absolute Gasteiger partial charge is 0.493 e. The third-order valence-corrected chi connectivity index (χ3v) is 3.00. The summed E-state index contributed by atoms with van der Waals surface area (Å²) >= 11 is 0. The monoisotopic (exact) mass is 328 g/mol. The maximum atomic E-state index is 11.7. The van der Waals surface area contributed by atoms with Crippen molar-refractivity contribution in [3.05, 3.63) is 54.1 Å². The molecular weight excluding hydrogens is 308 g/mol. The lowest BCUT2D eigenvalue weighted by atomic mass is 10.2. The Kier molecular flexibility index (Phi) is 6.64. The van der Waals surface area contributed by atoms with Crippen LogP contribution in [-0.2, 0) is 4.79 Å². The molecule has 2 rings (SSSR count). The maximum absolute atomic E-state index is 11.7. The van der Waals surface area contributed by atoms with Crippen LogP contribution in [0.1, 0.15) is 12.5 Å². The molecule has 0 fully saturated rings. The number of rotatable bonds is 8. The van der Waals surface area contributed by atoms with Crippen molar-refractivity contribution in [2.45, 2.75) is 6.92 Å². The van der Waals surface area contributed by atoms with Crippen molar-refractivity contribution >= 4 is 12.1 Å². The quantitative estimate of drug-likeness (QED) is 0.597. The molecule has 6 nitrogen and oxygen atoms in total. The molecule has 0 aliphatic heterocycles. The number of hydrogen-bond acceptors (Lipinski definition) is 5. The van der Waals surface area contributed by atoms with Crippen LogP contribution >= 0.6 is 0 Å². The van der Waals surface area contributed by atoms with Gasteiger partial charge in [-0.2, -0.15) is 5.10 Å². The van der Waals surface area contributed by atoms with Gasteiger partial charge in [0.15, 0.2) is 18.1 Å². The van der Waals surface area contributed by atoms with Crippen LogP contribution in [0.3, 0.4) is 0 Å². The van der Waals surface area contributed by atoms with Crippen LogP contribution < -0.4 is 19.6 Å². The average molecular weight is 328 g/mol. The van der Waals surface area contributed by atoms with Gasteiger partial charge in [-0.3, -0.25) is 4.79 Å². The van der Waals surface area contributed by atoms with Gasteiger partial charge in [-0.1, -0.05) is 18.2 Å². The Balaban J connectivity index is 1.85. The molecule has 0 aromatic heterocycles. The van der Waals surface area contributed by atoms with Crippen LogP contribution in [0.4, 0.5) is 0 Å². The highest BCUT2D eigenvalue weighted by molar-refractivity contribution is 5.83. The number of nitrogens with zero attached hydrogens (tertiary/aromatic N) is 1. The van der Waals surface area contributed by atoms with Gasteiger partial charge in [0.25, 0.3) is 5.91 Å². The molecule has 0 aliphatic carbocycles. The van der Waals surface area contributed by atoms with Crippen LogP contribution in [0.15, 0.2) is 53.6 Å². The predicted molar refractivity (Wildman–Crippen MR) is 91.8 cm³/mol. The topological polar surface area (TPSA) is 69.2 Å². The molecule has 0 saturated carbocycles. The highest BCUT2D eigenvalue weighted by Crippen LogP contribution is 2.27. The van der Waals surface area contributed by atoms with Gasteiger partial charge in [0.1, 0.15) is 5.75 Å². The van der Waals surface area contributed by atoms with Gasteiger partial charge < -0.3 is 14.2 Å². The van der Waals surface area contributed by atoms with Gasteiger partial charge in [-0.15, -0.1) is 0 Å². The molecule has 1 amide bonds. The van der Waals surface area contributed by atoms with E-state index in [-0.39, 0.29) is 12.5 Å². The zero-order chi connectivity index (χ0) is 17.2. The highest BCUT2D eigenvalue weighted by Gasteiger charge is 2.04. The fraction of sp³-hybridized carbons (Fsp3) is 0.222. The van der Waals surface area contributed by atoms with E-state index in [2.05, 4.69) is 10.5 Å². The van der Waals surface area contributed by atoms with E-state index in [9.17, 15) is 4.79 Å². The predicted octanol–water partition coefficient (Wildman–Crippen LogP) is 2.62. The molecule has 0 radical (unpaired) electrons. The summed E-state index contributed by atoms with van der Waals surface area (Å²) in [6.07, 6.45) is 1.53. The minimum atomic E-state index is -0.340.